The smallest absolute Gasteiger partial charge is 0.251 e. The molecule has 2 unspecified atom stereocenters. The second kappa shape index (κ2) is 10.2. The second-order valence-corrected chi connectivity index (χ2v) is 8.08. The molecule has 156 valence electrons. The molecular weight excluding hydrogens is 376 g/mol. The molecule has 0 aromatic heterocycles. The highest BCUT2D eigenvalue weighted by molar-refractivity contribution is 5.97. The monoisotopic (exact) mass is 408 g/mol. The van der Waals surface area contributed by atoms with E-state index in [0.29, 0.717) is 11.6 Å². The van der Waals surface area contributed by atoms with Crippen LogP contribution < -0.4 is 10.6 Å². The Bertz CT molecular complexity index is 676. The molecule has 0 saturated carbocycles. The van der Waals surface area contributed by atoms with Gasteiger partial charge < -0.3 is 15.5 Å². The summed E-state index contributed by atoms with van der Waals surface area (Å²) in [6, 6.07) is 7.43. The molecule has 0 bridgehead atoms. The zero-order chi connectivity index (χ0) is 19.4. The second-order valence-electron chi connectivity index (χ2n) is 8.08. The minimum absolute atomic E-state index is 0. The van der Waals surface area contributed by atoms with Crippen molar-refractivity contribution in [3.05, 3.63) is 35.4 Å². The fourth-order valence-corrected chi connectivity index (χ4v) is 4.01. The number of halogens is 1. The lowest BCUT2D eigenvalue weighted by Crippen LogP contribution is -2.52. The Hall–Kier alpha value is -1.63. The number of rotatable bonds is 5. The minimum Gasteiger partial charge on any atom is -0.340 e. The zero-order valence-corrected chi connectivity index (χ0v) is 17.9. The van der Waals surface area contributed by atoms with Gasteiger partial charge in [-0.2, -0.15) is 0 Å². The average Bonchev–Trinajstić information content (AvgIpc) is 3.16. The van der Waals surface area contributed by atoms with Crippen molar-refractivity contribution in [2.45, 2.75) is 39.3 Å². The maximum atomic E-state index is 13.1. The van der Waals surface area contributed by atoms with Crippen molar-refractivity contribution in [3.63, 3.8) is 0 Å². The molecule has 7 heteroatoms. The predicted octanol–water partition coefficient (Wildman–Crippen LogP) is 1.68. The summed E-state index contributed by atoms with van der Waals surface area (Å²) in [5, 5.41) is 6.35. The quantitative estimate of drug-likeness (QED) is 0.778. The number of benzene rings is 1. The highest BCUT2D eigenvalue weighted by atomic mass is 35.5. The lowest BCUT2D eigenvalue weighted by Gasteiger charge is -2.33. The van der Waals surface area contributed by atoms with Gasteiger partial charge in [0.25, 0.3) is 5.91 Å². The number of piperazine rings is 1. The van der Waals surface area contributed by atoms with E-state index in [-0.39, 0.29) is 30.1 Å². The molecule has 2 atom stereocenters. The van der Waals surface area contributed by atoms with Gasteiger partial charge in [-0.05, 0) is 31.4 Å². The maximum absolute atomic E-state index is 13.1. The summed E-state index contributed by atoms with van der Waals surface area (Å²) in [6.07, 6.45) is 1.02. The van der Waals surface area contributed by atoms with Crippen molar-refractivity contribution in [2.24, 2.45) is 5.92 Å². The van der Waals surface area contributed by atoms with Crippen LogP contribution >= 0.6 is 12.4 Å². The molecule has 1 aromatic carbocycles. The standard InChI is InChI=1S/C21H32N4O2.ClH/c1-15(2)19(23-20(26)17-6-4-5-16(3)13-17)21(27)25-10-7-18(14-25)24-11-8-22-9-12-24;/h4-6,13,15,18-19,22H,7-12,14H2,1-3H3,(H,23,26);1H. The van der Waals surface area contributed by atoms with E-state index in [9.17, 15) is 9.59 Å². The van der Waals surface area contributed by atoms with Gasteiger partial charge >= 0.3 is 0 Å². The van der Waals surface area contributed by atoms with Crippen LogP contribution in [0.3, 0.4) is 0 Å². The van der Waals surface area contributed by atoms with Crippen LogP contribution in [-0.2, 0) is 4.79 Å². The van der Waals surface area contributed by atoms with Crippen molar-refractivity contribution < 1.29 is 9.59 Å². The van der Waals surface area contributed by atoms with E-state index >= 15 is 0 Å². The minimum atomic E-state index is -0.486. The molecular formula is C21H33ClN4O2. The molecule has 3 rings (SSSR count). The fraction of sp³-hybridized carbons (Fsp3) is 0.619. The van der Waals surface area contributed by atoms with E-state index < -0.39 is 6.04 Å². The van der Waals surface area contributed by atoms with Gasteiger partial charge in [0.15, 0.2) is 0 Å². The van der Waals surface area contributed by atoms with E-state index in [4.69, 9.17) is 0 Å². The molecule has 0 radical (unpaired) electrons. The predicted molar refractivity (Wildman–Crippen MR) is 114 cm³/mol. The Morgan fingerprint density at radius 2 is 1.89 bits per heavy atom. The third-order valence-electron chi connectivity index (χ3n) is 5.64. The first kappa shape index (κ1) is 22.7. The number of aryl methyl sites for hydroxylation is 1. The van der Waals surface area contributed by atoms with Crippen molar-refractivity contribution >= 4 is 24.2 Å². The van der Waals surface area contributed by atoms with Gasteiger partial charge in [-0.15, -0.1) is 12.4 Å². The van der Waals surface area contributed by atoms with Crippen LogP contribution in [0, 0.1) is 12.8 Å². The number of amides is 2. The molecule has 0 spiro atoms. The summed E-state index contributed by atoms with van der Waals surface area (Å²) < 4.78 is 0. The largest absolute Gasteiger partial charge is 0.340 e. The van der Waals surface area contributed by atoms with Crippen molar-refractivity contribution in [3.8, 4) is 0 Å². The molecule has 0 aliphatic carbocycles. The molecule has 1 aromatic rings. The Balaban J connectivity index is 0.00000280. The molecule has 28 heavy (non-hydrogen) atoms. The van der Waals surface area contributed by atoms with Crippen molar-refractivity contribution in [1.29, 1.82) is 0 Å². The van der Waals surface area contributed by atoms with Crippen LogP contribution in [-0.4, -0.2) is 73.0 Å². The van der Waals surface area contributed by atoms with Gasteiger partial charge in [0.05, 0.1) is 0 Å². The molecule has 2 aliphatic rings. The SMILES string of the molecule is Cc1cccc(C(=O)NC(C(=O)N2CCC(N3CCNCC3)C2)C(C)C)c1.Cl. The first-order valence-corrected chi connectivity index (χ1v) is 10.1. The summed E-state index contributed by atoms with van der Waals surface area (Å²) >= 11 is 0. The van der Waals surface area contributed by atoms with Gasteiger partial charge in [-0.1, -0.05) is 31.5 Å². The van der Waals surface area contributed by atoms with E-state index in [2.05, 4.69) is 15.5 Å². The molecule has 2 amide bonds. The van der Waals surface area contributed by atoms with Crippen LogP contribution in [0.4, 0.5) is 0 Å². The highest BCUT2D eigenvalue weighted by Gasteiger charge is 2.35. The average molecular weight is 409 g/mol. The van der Waals surface area contributed by atoms with Crippen LogP contribution in [0.2, 0.25) is 0 Å². The highest BCUT2D eigenvalue weighted by Crippen LogP contribution is 2.19. The number of nitrogens with one attached hydrogen (secondary N) is 2. The van der Waals surface area contributed by atoms with E-state index in [1.807, 2.05) is 43.9 Å². The Kier molecular flexibility index (Phi) is 8.28. The molecule has 2 fully saturated rings. The van der Waals surface area contributed by atoms with Gasteiger partial charge in [0.2, 0.25) is 5.91 Å². The topological polar surface area (TPSA) is 64.7 Å². The number of hydrogen-bond acceptors (Lipinski definition) is 4. The number of likely N-dealkylation sites (tertiary alicyclic amines) is 1. The Morgan fingerprint density at radius 3 is 2.54 bits per heavy atom. The third-order valence-corrected chi connectivity index (χ3v) is 5.64. The normalized spacial score (nSPS) is 21.3. The summed E-state index contributed by atoms with van der Waals surface area (Å²) in [6.45, 7) is 11.6. The lowest BCUT2D eigenvalue weighted by molar-refractivity contribution is -0.133. The van der Waals surface area contributed by atoms with Gasteiger partial charge in [0, 0.05) is 50.9 Å². The van der Waals surface area contributed by atoms with Gasteiger partial charge in [0.1, 0.15) is 6.04 Å². The lowest BCUT2D eigenvalue weighted by atomic mass is 10.0. The molecule has 2 heterocycles. The summed E-state index contributed by atoms with van der Waals surface area (Å²) in [4.78, 5) is 30.2. The van der Waals surface area contributed by atoms with Crippen LogP contribution in [0.15, 0.2) is 24.3 Å². The maximum Gasteiger partial charge on any atom is 0.251 e. The van der Waals surface area contributed by atoms with E-state index in [1.165, 1.54) is 0 Å². The number of carbonyl (C=O) groups excluding carboxylic acids is 2. The summed E-state index contributed by atoms with van der Waals surface area (Å²) in [7, 11) is 0. The zero-order valence-electron chi connectivity index (χ0n) is 17.1. The first-order chi connectivity index (χ1) is 13.0. The fourth-order valence-electron chi connectivity index (χ4n) is 4.01. The van der Waals surface area contributed by atoms with E-state index in [1.54, 1.807) is 6.07 Å². The summed E-state index contributed by atoms with van der Waals surface area (Å²) in [5.41, 5.74) is 1.64. The van der Waals surface area contributed by atoms with Crippen LogP contribution in [0.25, 0.3) is 0 Å². The molecule has 6 nitrogen and oxygen atoms in total. The van der Waals surface area contributed by atoms with Gasteiger partial charge in [-0.25, -0.2) is 0 Å². The van der Waals surface area contributed by atoms with Crippen molar-refractivity contribution in [1.82, 2.24) is 20.4 Å². The summed E-state index contributed by atoms with van der Waals surface area (Å²) in [5.74, 6) is -0.0864. The first-order valence-electron chi connectivity index (χ1n) is 10.1. The Morgan fingerprint density at radius 1 is 1.18 bits per heavy atom. The molecule has 2 N–H and O–H groups in total. The van der Waals surface area contributed by atoms with Crippen LogP contribution in [0.5, 0.6) is 0 Å². The van der Waals surface area contributed by atoms with E-state index in [0.717, 1.165) is 51.3 Å². The Labute approximate surface area is 174 Å². The van der Waals surface area contributed by atoms with Crippen molar-refractivity contribution in [2.75, 3.05) is 39.3 Å². The van der Waals surface area contributed by atoms with Crippen LogP contribution in [0.1, 0.15) is 36.2 Å². The number of nitrogens with zero attached hydrogens (tertiary/aromatic N) is 2. The van der Waals surface area contributed by atoms with Gasteiger partial charge in [-0.3, -0.25) is 14.5 Å². The molecule has 2 saturated heterocycles. The molecule has 2 aliphatic heterocycles. The number of hydrogen-bond donors (Lipinski definition) is 2. The number of carbonyl (C=O) groups is 2. The third kappa shape index (κ3) is 5.46.